The second kappa shape index (κ2) is 8.69. The van der Waals surface area contributed by atoms with Crippen LogP contribution in [0.15, 0.2) is 54.6 Å². The molecule has 2 aromatic rings. The minimum absolute atomic E-state index is 0.205. The molecule has 0 unspecified atom stereocenters. The predicted molar refractivity (Wildman–Crippen MR) is 104 cm³/mol. The van der Waals surface area contributed by atoms with E-state index < -0.39 is 36.9 Å². The first-order chi connectivity index (χ1) is 14.0. The Balaban J connectivity index is 1.55. The van der Waals surface area contributed by atoms with E-state index in [-0.39, 0.29) is 12.5 Å². The first-order valence-electron chi connectivity index (χ1n) is 9.37. The molecule has 6 atom stereocenters. The quantitative estimate of drug-likeness (QED) is 0.791. The molecule has 0 bridgehead atoms. The summed E-state index contributed by atoms with van der Waals surface area (Å²) in [6.07, 6.45) is -3.93. The number of benzene rings is 2. The molecule has 0 aliphatic carbocycles. The number of fused-ring (bicyclic) bond motifs is 1. The van der Waals surface area contributed by atoms with Gasteiger partial charge in [-0.3, -0.25) is 4.79 Å². The van der Waals surface area contributed by atoms with E-state index in [0.717, 1.165) is 5.56 Å². The highest BCUT2D eigenvalue weighted by atomic mass is 35.5. The Labute approximate surface area is 173 Å². The number of aliphatic hydroxyl groups is 1. The average molecular weight is 420 g/mol. The normalized spacial score (nSPS) is 31.6. The van der Waals surface area contributed by atoms with Crippen LogP contribution in [0.4, 0.5) is 0 Å². The van der Waals surface area contributed by atoms with Crippen molar-refractivity contribution < 1.29 is 28.8 Å². The molecule has 4 rings (SSSR count). The van der Waals surface area contributed by atoms with E-state index in [9.17, 15) is 9.90 Å². The predicted octanol–water partition coefficient (Wildman–Crippen LogP) is 2.42. The van der Waals surface area contributed by atoms with Crippen LogP contribution in [0, 0.1) is 0 Å². The van der Waals surface area contributed by atoms with Crippen LogP contribution in [0.2, 0.25) is 5.02 Å². The minimum atomic E-state index is -1.07. The number of ether oxygens (including phenoxy) is 4. The molecule has 0 radical (unpaired) electrons. The monoisotopic (exact) mass is 419 g/mol. The van der Waals surface area contributed by atoms with Gasteiger partial charge in [0.1, 0.15) is 30.1 Å². The third-order valence-electron chi connectivity index (χ3n) is 4.89. The van der Waals surface area contributed by atoms with E-state index in [1.807, 2.05) is 30.3 Å². The van der Waals surface area contributed by atoms with Crippen LogP contribution in [0.1, 0.15) is 18.8 Å². The molecule has 2 aliphatic rings. The molecule has 0 spiro atoms. The van der Waals surface area contributed by atoms with Gasteiger partial charge in [-0.25, -0.2) is 0 Å². The van der Waals surface area contributed by atoms with Crippen molar-refractivity contribution in [3.63, 3.8) is 0 Å². The number of hydrogen-bond donors (Lipinski definition) is 2. The van der Waals surface area contributed by atoms with Crippen LogP contribution in [0.25, 0.3) is 0 Å². The van der Waals surface area contributed by atoms with Gasteiger partial charge in [0.15, 0.2) is 6.29 Å². The van der Waals surface area contributed by atoms with Crippen LogP contribution >= 0.6 is 11.6 Å². The number of rotatable bonds is 4. The van der Waals surface area contributed by atoms with E-state index in [1.54, 1.807) is 24.3 Å². The Hall–Kier alpha value is -2.16. The number of nitrogens with one attached hydrogen (secondary N) is 1. The van der Waals surface area contributed by atoms with E-state index in [4.69, 9.17) is 30.5 Å². The summed E-state index contributed by atoms with van der Waals surface area (Å²) in [5.41, 5.74) is 0.837. The molecule has 29 heavy (non-hydrogen) atoms. The smallest absolute Gasteiger partial charge is 0.223 e. The van der Waals surface area contributed by atoms with Crippen LogP contribution in [-0.4, -0.2) is 48.3 Å². The number of halogens is 1. The number of aliphatic hydroxyl groups excluding tert-OH is 1. The van der Waals surface area contributed by atoms with Gasteiger partial charge in [-0.15, -0.1) is 0 Å². The summed E-state index contributed by atoms with van der Waals surface area (Å²) in [5.74, 6) is 0.0653. The number of carbonyl (C=O) groups is 1. The standard InChI is InChI=1S/C21H22ClNO6/c1-12(24)23-17-18(25)19-16(11-26-20(29-19)13-7-3-2-4-8-13)28-21(17)27-15-10-6-5-9-14(15)22/h2-10,16-21,25H,11H2,1H3,(H,23,24)/t16-,17+,18-,19-,20+,21-/m1/s1. The summed E-state index contributed by atoms with van der Waals surface area (Å²) in [5, 5.41) is 14.1. The highest BCUT2D eigenvalue weighted by Crippen LogP contribution is 2.35. The second-order valence-corrected chi connectivity index (χ2v) is 7.39. The van der Waals surface area contributed by atoms with Crippen molar-refractivity contribution in [2.75, 3.05) is 6.61 Å². The SMILES string of the molecule is CC(=O)N[C@@H]1[C@H](Oc2ccccc2Cl)O[C@@H]2CO[C@H](c3ccccc3)O[C@H]2[C@@H]1O. The molecular formula is C21H22ClNO6. The molecule has 0 aromatic heterocycles. The summed E-state index contributed by atoms with van der Waals surface area (Å²) in [4.78, 5) is 11.7. The zero-order valence-electron chi connectivity index (χ0n) is 15.7. The first-order valence-corrected chi connectivity index (χ1v) is 9.74. The summed E-state index contributed by atoms with van der Waals surface area (Å²) >= 11 is 6.18. The lowest BCUT2D eigenvalue weighted by atomic mass is 9.95. The fourth-order valence-corrected chi connectivity index (χ4v) is 3.71. The summed E-state index contributed by atoms with van der Waals surface area (Å²) < 4.78 is 23.7. The van der Waals surface area contributed by atoms with Crippen molar-refractivity contribution in [2.45, 2.75) is 43.9 Å². The Morgan fingerprint density at radius 1 is 1.14 bits per heavy atom. The molecule has 7 nitrogen and oxygen atoms in total. The highest BCUT2D eigenvalue weighted by molar-refractivity contribution is 6.32. The zero-order chi connectivity index (χ0) is 20.4. The topological polar surface area (TPSA) is 86.3 Å². The summed E-state index contributed by atoms with van der Waals surface area (Å²) in [6.45, 7) is 1.57. The molecule has 2 N–H and O–H groups in total. The Morgan fingerprint density at radius 2 is 1.86 bits per heavy atom. The van der Waals surface area contributed by atoms with Gasteiger partial charge in [0.25, 0.3) is 0 Å². The van der Waals surface area contributed by atoms with Gasteiger partial charge in [0, 0.05) is 12.5 Å². The van der Waals surface area contributed by atoms with Gasteiger partial charge < -0.3 is 29.4 Å². The van der Waals surface area contributed by atoms with Gasteiger partial charge >= 0.3 is 0 Å². The van der Waals surface area contributed by atoms with Crippen LogP contribution < -0.4 is 10.1 Å². The molecule has 2 saturated heterocycles. The first kappa shape index (κ1) is 20.1. The second-order valence-electron chi connectivity index (χ2n) is 6.98. The lowest BCUT2D eigenvalue weighted by molar-refractivity contribution is -0.333. The van der Waals surface area contributed by atoms with Crippen molar-refractivity contribution in [1.82, 2.24) is 5.32 Å². The number of carbonyl (C=O) groups excluding carboxylic acids is 1. The Kier molecular flexibility index (Phi) is 6.03. The lowest BCUT2D eigenvalue weighted by Crippen LogP contribution is -2.67. The average Bonchev–Trinajstić information content (AvgIpc) is 2.73. The molecule has 2 heterocycles. The number of para-hydroxylation sites is 1. The fourth-order valence-electron chi connectivity index (χ4n) is 3.53. The van der Waals surface area contributed by atoms with E-state index in [0.29, 0.717) is 10.8 Å². The van der Waals surface area contributed by atoms with Crippen LogP contribution in [-0.2, 0) is 19.0 Å². The maximum atomic E-state index is 11.7. The third kappa shape index (κ3) is 4.39. The van der Waals surface area contributed by atoms with Gasteiger partial charge in [-0.05, 0) is 12.1 Å². The van der Waals surface area contributed by atoms with Gasteiger partial charge in [-0.2, -0.15) is 0 Å². The van der Waals surface area contributed by atoms with Gasteiger partial charge in [0.2, 0.25) is 12.2 Å². The van der Waals surface area contributed by atoms with Crippen molar-refractivity contribution in [3.05, 3.63) is 65.2 Å². The summed E-state index contributed by atoms with van der Waals surface area (Å²) in [7, 11) is 0. The molecule has 1 amide bonds. The Morgan fingerprint density at radius 3 is 2.59 bits per heavy atom. The third-order valence-corrected chi connectivity index (χ3v) is 5.20. The van der Waals surface area contributed by atoms with Crippen LogP contribution in [0.5, 0.6) is 5.75 Å². The van der Waals surface area contributed by atoms with Crippen molar-refractivity contribution in [2.24, 2.45) is 0 Å². The summed E-state index contributed by atoms with van der Waals surface area (Å²) in [6, 6.07) is 15.5. The fraction of sp³-hybridized carbons (Fsp3) is 0.381. The van der Waals surface area contributed by atoms with E-state index >= 15 is 0 Å². The van der Waals surface area contributed by atoms with Crippen molar-refractivity contribution in [3.8, 4) is 5.75 Å². The highest BCUT2D eigenvalue weighted by Gasteiger charge is 2.50. The maximum absolute atomic E-state index is 11.7. The van der Waals surface area contributed by atoms with Crippen LogP contribution in [0.3, 0.4) is 0 Å². The zero-order valence-corrected chi connectivity index (χ0v) is 16.5. The molecule has 0 saturated carbocycles. The molecule has 8 heteroatoms. The number of amides is 1. The van der Waals surface area contributed by atoms with E-state index in [2.05, 4.69) is 5.32 Å². The Bertz CT molecular complexity index is 850. The lowest BCUT2D eigenvalue weighted by Gasteiger charge is -2.47. The molecule has 154 valence electrons. The minimum Gasteiger partial charge on any atom is -0.461 e. The van der Waals surface area contributed by atoms with Crippen molar-refractivity contribution in [1.29, 1.82) is 0 Å². The molecule has 2 fully saturated rings. The molecule has 2 aliphatic heterocycles. The van der Waals surface area contributed by atoms with E-state index in [1.165, 1.54) is 6.92 Å². The maximum Gasteiger partial charge on any atom is 0.223 e. The largest absolute Gasteiger partial charge is 0.461 e. The van der Waals surface area contributed by atoms with Gasteiger partial charge in [0.05, 0.1) is 11.6 Å². The molecule has 2 aromatic carbocycles. The van der Waals surface area contributed by atoms with Crippen molar-refractivity contribution >= 4 is 17.5 Å². The van der Waals surface area contributed by atoms with Gasteiger partial charge in [-0.1, -0.05) is 54.1 Å². The molecular weight excluding hydrogens is 398 g/mol. The number of hydrogen-bond acceptors (Lipinski definition) is 6.